The van der Waals surface area contributed by atoms with Crippen molar-refractivity contribution >= 4 is 53.2 Å². The molecule has 0 spiro atoms. The summed E-state index contributed by atoms with van der Waals surface area (Å²) >= 11 is 6.10. The van der Waals surface area contributed by atoms with E-state index in [1.807, 2.05) is 30.0 Å². The van der Waals surface area contributed by atoms with Crippen LogP contribution in [0.25, 0.3) is 10.9 Å². The second-order valence-electron chi connectivity index (χ2n) is 5.86. The van der Waals surface area contributed by atoms with Crippen LogP contribution >= 0.6 is 36.4 Å². The van der Waals surface area contributed by atoms with Crippen molar-refractivity contribution in [3.05, 3.63) is 40.5 Å². The number of carbonyl (C=O) groups excluding carboxylic acids is 1. The van der Waals surface area contributed by atoms with Crippen LogP contribution in [0.15, 0.2) is 24.3 Å². The van der Waals surface area contributed by atoms with Gasteiger partial charge in [-0.2, -0.15) is 0 Å². The zero-order valence-electron chi connectivity index (χ0n) is 13.5. The first-order chi connectivity index (χ1) is 10.6. The van der Waals surface area contributed by atoms with Crippen LogP contribution in [0, 0.1) is 6.92 Å². The Morgan fingerprint density at radius 2 is 2.08 bits per heavy atom. The van der Waals surface area contributed by atoms with E-state index in [9.17, 15) is 4.79 Å². The molecule has 132 valence electrons. The molecule has 1 fully saturated rings. The number of hydrogen-bond donors (Lipinski definition) is 1. The van der Waals surface area contributed by atoms with Crippen molar-refractivity contribution in [2.45, 2.75) is 32.2 Å². The average molecular weight is 391 g/mol. The van der Waals surface area contributed by atoms with Gasteiger partial charge in [0.25, 0.3) is 5.91 Å². The quantitative estimate of drug-likeness (QED) is 0.843. The first-order valence-corrected chi connectivity index (χ1v) is 8.06. The Balaban J connectivity index is 0.00000144. The number of pyridine rings is 1. The van der Waals surface area contributed by atoms with Crippen molar-refractivity contribution in [3.63, 3.8) is 0 Å². The van der Waals surface area contributed by atoms with Gasteiger partial charge in [-0.1, -0.05) is 11.6 Å². The Morgan fingerprint density at radius 3 is 2.79 bits per heavy atom. The highest BCUT2D eigenvalue weighted by Gasteiger charge is 2.27. The number of piperidine rings is 1. The predicted molar refractivity (Wildman–Crippen MR) is 104 cm³/mol. The Labute approximate surface area is 159 Å². The Kier molecular flexibility index (Phi) is 7.74. The molecular formula is C17H22Cl3N3O. The van der Waals surface area contributed by atoms with Gasteiger partial charge in [-0.25, -0.2) is 0 Å². The summed E-state index contributed by atoms with van der Waals surface area (Å²) in [6, 6.07) is 7.46. The number of halogens is 3. The molecular weight excluding hydrogens is 369 g/mol. The number of benzene rings is 1. The second-order valence-corrected chi connectivity index (χ2v) is 6.29. The first-order valence-electron chi connectivity index (χ1n) is 7.68. The molecule has 0 saturated carbocycles. The van der Waals surface area contributed by atoms with Crippen LogP contribution in [0.3, 0.4) is 0 Å². The molecule has 1 atom stereocenters. The molecule has 4 nitrogen and oxygen atoms in total. The number of likely N-dealkylation sites (tertiary alicyclic amines) is 1. The molecule has 1 aliphatic heterocycles. The number of hydrogen-bond acceptors (Lipinski definition) is 3. The summed E-state index contributed by atoms with van der Waals surface area (Å²) in [4.78, 5) is 19.5. The van der Waals surface area contributed by atoms with Gasteiger partial charge in [0.1, 0.15) is 0 Å². The van der Waals surface area contributed by atoms with E-state index < -0.39 is 0 Å². The largest absolute Gasteiger partial charge is 0.334 e. The number of rotatable bonds is 2. The third kappa shape index (κ3) is 4.12. The van der Waals surface area contributed by atoms with Crippen LogP contribution in [0.1, 0.15) is 35.3 Å². The summed E-state index contributed by atoms with van der Waals surface area (Å²) < 4.78 is 0. The van der Waals surface area contributed by atoms with Crippen molar-refractivity contribution in [2.24, 2.45) is 5.73 Å². The van der Waals surface area contributed by atoms with Crippen molar-refractivity contribution in [1.29, 1.82) is 0 Å². The average Bonchev–Trinajstić information content (AvgIpc) is 2.53. The second kappa shape index (κ2) is 8.86. The fraction of sp³-hybridized carbons (Fsp3) is 0.412. The standard InChI is InChI=1S/C17H20ClN3O.2ClH/c1-11-8-15(14-9-12(18)5-6-16(14)20-11)17(22)21-7-3-2-4-13(21)10-19;;/h5-6,8-9,13H,2-4,7,10,19H2,1H3;2*1H. The van der Waals surface area contributed by atoms with Gasteiger partial charge in [-0.15, -0.1) is 24.8 Å². The van der Waals surface area contributed by atoms with Crippen molar-refractivity contribution in [3.8, 4) is 0 Å². The lowest BCUT2D eigenvalue weighted by Crippen LogP contribution is -2.47. The third-order valence-electron chi connectivity index (χ3n) is 4.29. The van der Waals surface area contributed by atoms with Gasteiger partial charge in [0.05, 0.1) is 11.1 Å². The molecule has 0 radical (unpaired) electrons. The molecule has 7 heteroatoms. The highest BCUT2D eigenvalue weighted by Crippen LogP contribution is 2.26. The molecule has 0 bridgehead atoms. The highest BCUT2D eigenvalue weighted by molar-refractivity contribution is 6.31. The van der Waals surface area contributed by atoms with Crippen molar-refractivity contribution in [2.75, 3.05) is 13.1 Å². The minimum Gasteiger partial charge on any atom is -0.334 e. The number of carbonyl (C=O) groups is 1. The number of nitrogens with zero attached hydrogens (tertiary/aromatic N) is 2. The molecule has 2 N–H and O–H groups in total. The van der Waals surface area contributed by atoms with Gasteiger partial charge in [0.15, 0.2) is 0 Å². The molecule has 3 rings (SSSR count). The lowest BCUT2D eigenvalue weighted by atomic mass is 9.99. The van der Waals surface area contributed by atoms with Crippen LogP contribution < -0.4 is 5.73 Å². The molecule has 1 aromatic carbocycles. The van der Waals surface area contributed by atoms with Gasteiger partial charge in [0, 0.05) is 35.2 Å². The van der Waals surface area contributed by atoms with Gasteiger partial charge in [-0.3, -0.25) is 9.78 Å². The van der Waals surface area contributed by atoms with Gasteiger partial charge >= 0.3 is 0 Å². The maximum Gasteiger partial charge on any atom is 0.254 e. The summed E-state index contributed by atoms with van der Waals surface area (Å²) in [5, 5.41) is 1.42. The molecule has 1 amide bonds. The fourth-order valence-electron chi connectivity index (χ4n) is 3.18. The van der Waals surface area contributed by atoms with Crippen LogP contribution in [0.2, 0.25) is 5.02 Å². The predicted octanol–water partition coefficient (Wildman–Crippen LogP) is 3.99. The van der Waals surface area contributed by atoms with E-state index in [4.69, 9.17) is 17.3 Å². The summed E-state index contributed by atoms with van der Waals surface area (Å²) in [6.45, 7) is 3.18. The highest BCUT2D eigenvalue weighted by atomic mass is 35.5. The SMILES string of the molecule is Cc1cc(C(=O)N2CCCCC2CN)c2cc(Cl)ccc2n1.Cl.Cl. The maximum absolute atomic E-state index is 13.0. The molecule has 0 aliphatic carbocycles. The van der Waals surface area contributed by atoms with Crippen LogP contribution in [0.5, 0.6) is 0 Å². The Bertz CT molecular complexity index is 724. The monoisotopic (exact) mass is 389 g/mol. The van der Waals surface area contributed by atoms with Gasteiger partial charge in [-0.05, 0) is 50.5 Å². The van der Waals surface area contributed by atoms with Gasteiger partial charge in [0.2, 0.25) is 0 Å². The minimum atomic E-state index is 0. The van der Waals surface area contributed by atoms with Crippen molar-refractivity contribution < 1.29 is 4.79 Å². The Hall–Kier alpha value is -1.07. The number of aryl methyl sites for hydroxylation is 1. The van der Waals surface area contributed by atoms with E-state index in [-0.39, 0.29) is 36.8 Å². The minimum absolute atomic E-state index is 0. The number of amides is 1. The number of nitrogens with two attached hydrogens (primary N) is 1. The molecule has 2 aromatic rings. The van der Waals surface area contributed by atoms with Crippen LogP contribution in [-0.2, 0) is 0 Å². The lowest BCUT2D eigenvalue weighted by molar-refractivity contribution is 0.0625. The molecule has 1 saturated heterocycles. The topological polar surface area (TPSA) is 59.2 Å². The normalized spacial score (nSPS) is 17.1. The van der Waals surface area contributed by atoms with E-state index in [2.05, 4.69) is 4.98 Å². The zero-order chi connectivity index (χ0) is 15.7. The zero-order valence-corrected chi connectivity index (χ0v) is 15.9. The van der Waals surface area contributed by atoms with E-state index in [0.29, 0.717) is 17.1 Å². The number of aromatic nitrogens is 1. The Morgan fingerprint density at radius 1 is 1.33 bits per heavy atom. The molecule has 2 heterocycles. The molecule has 24 heavy (non-hydrogen) atoms. The third-order valence-corrected chi connectivity index (χ3v) is 4.52. The first kappa shape index (κ1) is 21.0. The fourth-order valence-corrected chi connectivity index (χ4v) is 3.35. The van der Waals surface area contributed by atoms with E-state index in [1.54, 1.807) is 6.07 Å². The van der Waals surface area contributed by atoms with Crippen LogP contribution in [-0.4, -0.2) is 34.9 Å². The van der Waals surface area contributed by atoms with E-state index >= 15 is 0 Å². The smallest absolute Gasteiger partial charge is 0.254 e. The van der Waals surface area contributed by atoms with Crippen molar-refractivity contribution in [1.82, 2.24) is 9.88 Å². The summed E-state index contributed by atoms with van der Waals surface area (Å²) in [7, 11) is 0. The van der Waals surface area contributed by atoms with Gasteiger partial charge < -0.3 is 10.6 Å². The summed E-state index contributed by atoms with van der Waals surface area (Å²) in [5.41, 5.74) is 8.15. The summed E-state index contributed by atoms with van der Waals surface area (Å²) in [5.74, 6) is 0.0351. The molecule has 1 unspecified atom stereocenters. The maximum atomic E-state index is 13.0. The van der Waals surface area contributed by atoms with E-state index in [1.165, 1.54) is 0 Å². The van der Waals surface area contributed by atoms with E-state index in [0.717, 1.165) is 42.4 Å². The molecule has 1 aromatic heterocycles. The summed E-state index contributed by atoms with van der Waals surface area (Å²) in [6.07, 6.45) is 3.14. The number of fused-ring (bicyclic) bond motifs is 1. The molecule has 1 aliphatic rings. The lowest BCUT2D eigenvalue weighted by Gasteiger charge is -2.35. The van der Waals surface area contributed by atoms with Crippen LogP contribution in [0.4, 0.5) is 0 Å².